The highest BCUT2D eigenvalue weighted by atomic mass is 19.4. The molecule has 3 aliphatic rings. The van der Waals surface area contributed by atoms with Crippen LogP contribution in [0, 0.1) is 5.92 Å². The first kappa shape index (κ1) is 37.8. The summed E-state index contributed by atoms with van der Waals surface area (Å²) in [5, 5.41) is 1.000. The van der Waals surface area contributed by atoms with E-state index in [-0.39, 0.29) is 30.5 Å². The summed E-state index contributed by atoms with van der Waals surface area (Å²) in [6, 6.07) is 22.0. The third kappa shape index (κ3) is 8.73. The number of aromatic nitrogens is 1. The molecule has 13 heteroatoms. The molecule has 3 aromatic carbocycles. The van der Waals surface area contributed by atoms with Crippen molar-refractivity contribution in [3.63, 3.8) is 0 Å². The van der Waals surface area contributed by atoms with Crippen molar-refractivity contribution in [1.29, 1.82) is 0 Å². The highest BCUT2D eigenvalue weighted by molar-refractivity contribution is 5.95. The lowest BCUT2D eigenvalue weighted by Gasteiger charge is -2.45. The number of hydrogen-bond donors (Lipinski definition) is 0. The standard InChI is InChI=1S/C41H43F6N5O2/c42-40(43,44)32-24-31(25-33(26-32)41(45,46)47)38(53)52-17-12-29(23-35(52)22-28-6-2-1-3-7-28)27-49-18-20-50(21-19-49)34-13-15-51(16-14-34)39(54)37-11-10-30-8-4-5-9-36(30)48-37/h1-11,24-26,29,34-35H,12-23,27H2. The number of carbonyl (C=O) groups is 2. The lowest BCUT2D eigenvalue weighted by molar-refractivity contribution is -0.143. The third-order valence-electron chi connectivity index (χ3n) is 11.2. The molecule has 0 spiro atoms. The van der Waals surface area contributed by atoms with E-state index in [2.05, 4.69) is 14.8 Å². The number of piperidine rings is 2. The van der Waals surface area contributed by atoms with E-state index in [0.717, 1.165) is 62.0 Å². The van der Waals surface area contributed by atoms with Gasteiger partial charge in [-0.3, -0.25) is 14.5 Å². The molecule has 3 aliphatic heterocycles. The second kappa shape index (κ2) is 15.7. The van der Waals surface area contributed by atoms with Crippen LogP contribution in [0.4, 0.5) is 26.3 Å². The highest BCUT2D eigenvalue weighted by Crippen LogP contribution is 2.37. The number of piperazine rings is 1. The Hall–Kier alpha value is -4.49. The molecule has 4 aromatic rings. The minimum absolute atomic E-state index is 0.0387. The molecule has 286 valence electrons. The van der Waals surface area contributed by atoms with E-state index < -0.39 is 35.0 Å². The maximum absolute atomic E-state index is 13.8. The molecule has 0 bridgehead atoms. The second-order valence-electron chi connectivity index (χ2n) is 14.8. The largest absolute Gasteiger partial charge is 0.416 e. The van der Waals surface area contributed by atoms with Gasteiger partial charge in [-0.25, -0.2) is 4.98 Å². The molecule has 0 saturated carbocycles. The van der Waals surface area contributed by atoms with Gasteiger partial charge in [0.2, 0.25) is 0 Å². The Balaban J connectivity index is 0.951. The molecular formula is C41H43F6N5O2. The molecule has 7 rings (SSSR count). The summed E-state index contributed by atoms with van der Waals surface area (Å²) < 4.78 is 81.8. The van der Waals surface area contributed by atoms with Gasteiger partial charge in [-0.05, 0) is 73.9 Å². The van der Waals surface area contributed by atoms with E-state index in [9.17, 15) is 35.9 Å². The van der Waals surface area contributed by atoms with Crippen molar-refractivity contribution >= 4 is 22.7 Å². The molecule has 54 heavy (non-hydrogen) atoms. The van der Waals surface area contributed by atoms with Gasteiger partial charge in [0.1, 0.15) is 5.69 Å². The average molecular weight is 752 g/mol. The number of pyridine rings is 1. The van der Waals surface area contributed by atoms with Crippen molar-refractivity contribution < 1.29 is 35.9 Å². The van der Waals surface area contributed by atoms with Crippen LogP contribution in [0.2, 0.25) is 0 Å². The number of para-hydroxylation sites is 1. The van der Waals surface area contributed by atoms with Crippen molar-refractivity contribution in [3.8, 4) is 0 Å². The lowest BCUT2D eigenvalue weighted by atomic mass is 9.86. The van der Waals surface area contributed by atoms with Crippen molar-refractivity contribution in [3.05, 3.63) is 113 Å². The van der Waals surface area contributed by atoms with Gasteiger partial charge in [0.25, 0.3) is 11.8 Å². The molecule has 3 fully saturated rings. The second-order valence-corrected chi connectivity index (χ2v) is 14.8. The Morgan fingerprint density at radius 3 is 2.00 bits per heavy atom. The maximum atomic E-state index is 13.8. The van der Waals surface area contributed by atoms with Crippen LogP contribution < -0.4 is 0 Å². The first-order valence-corrected chi connectivity index (χ1v) is 18.6. The SMILES string of the molecule is O=C(c1ccc2ccccc2n1)N1CCC(N2CCN(CC3CCN(C(=O)c4cc(C(F)(F)F)cc(C(F)(F)F)c4)C(Cc4ccccc4)C3)CC2)CC1. The third-order valence-corrected chi connectivity index (χ3v) is 11.2. The van der Waals surface area contributed by atoms with Gasteiger partial charge in [-0.1, -0.05) is 54.6 Å². The van der Waals surface area contributed by atoms with E-state index in [0.29, 0.717) is 56.2 Å². The number of rotatable bonds is 7. The Labute approximate surface area is 310 Å². The van der Waals surface area contributed by atoms with Gasteiger partial charge >= 0.3 is 12.4 Å². The van der Waals surface area contributed by atoms with E-state index in [1.165, 1.54) is 4.90 Å². The summed E-state index contributed by atoms with van der Waals surface area (Å²) in [4.78, 5) is 39.9. The minimum Gasteiger partial charge on any atom is -0.337 e. The molecule has 0 N–H and O–H groups in total. The Bertz CT molecular complexity index is 1910. The lowest BCUT2D eigenvalue weighted by Crippen LogP contribution is -2.55. The fraction of sp³-hybridized carbons (Fsp3) is 0.439. The van der Waals surface area contributed by atoms with Crippen LogP contribution in [0.1, 0.15) is 63.2 Å². The Morgan fingerprint density at radius 1 is 0.685 bits per heavy atom. The van der Waals surface area contributed by atoms with Crippen molar-refractivity contribution in [2.45, 2.75) is 56.5 Å². The van der Waals surface area contributed by atoms with Crippen LogP contribution in [0.25, 0.3) is 10.9 Å². The first-order chi connectivity index (χ1) is 25.8. The predicted molar refractivity (Wildman–Crippen MR) is 193 cm³/mol. The van der Waals surface area contributed by atoms with Crippen molar-refractivity contribution in [1.82, 2.24) is 24.6 Å². The van der Waals surface area contributed by atoms with E-state index >= 15 is 0 Å². The zero-order valence-electron chi connectivity index (χ0n) is 29.8. The molecule has 4 heterocycles. The van der Waals surface area contributed by atoms with Crippen LogP contribution in [0.5, 0.6) is 0 Å². The van der Waals surface area contributed by atoms with Crippen LogP contribution >= 0.6 is 0 Å². The van der Waals surface area contributed by atoms with Gasteiger partial charge in [-0.2, -0.15) is 26.3 Å². The van der Waals surface area contributed by atoms with Gasteiger partial charge < -0.3 is 14.7 Å². The predicted octanol–water partition coefficient (Wildman–Crippen LogP) is 7.66. The highest BCUT2D eigenvalue weighted by Gasteiger charge is 2.40. The number of likely N-dealkylation sites (tertiary alicyclic amines) is 2. The molecule has 2 amide bonds. The molecule has 1 aromatic heterocycles. The normalized spacial score (nSPS) is 21.1. The first-order valence-electron chi connectivity index (χ1n) is 18.6. The fourth-order valence-electron chi connectivity index (χ4n) is 8.35. The number of nitrogens with zero attached hydrogens (tertiary/aromatic N) is 5. The summed E-state index contributed by atoms with van der Waals surface area (Å²) in [5.74, 6) is -0.649. The summed E-state index contributed by atoms with van der Waals surface area (Å²) in [7, 11) is 0. The number of halogens is 6. The fourth-order valence-corrected chi connectivity index (χ4v) is 8.35. The van der Waals surface area contributed by atoms with Crippen LogP contribution in [0.3, 0.4) is 0 Å². The quantitative estimate of drug-likeness (QED) is 0.182. The van der Waals surface area contributed by atoms with Crippen LogP contribution in [-0.2, 0) is 18.8 Å². The topological polar surface area (TPSA) is 60.0 Å². The molecule has 2 atom stereocenters. The zero-order chi connectivity index (χ0) is 38.0. The molecular weight excluding hydrogens is 708 g/mol. The number of fused-ring (bicyclic) bond motifs is 1. The number of amides is 2. The molecule has 0 radical (unpaired) electrons. The van der Waals surface area contributed by atoms with Crippen LogP contribution in [-0.4, -0.2) is 101 Å². The summed E-state index contributed by atoms with van der Waals surface area (Å²) >= 11 is 0. The van der Waals surface area contributed by atoms with Gasteiger partial charge in [0, 0.05) is 75.4 Å². The molecule has 2 unspecified atom stereocenters. The number of hydrogen-bond acceptors (Lipinski definition) is 5. The van der Waals surface area contributed by atoms with Crippen molar-refractivity contribution in [2.75, 3.05) is 52.4 Å². The number of alkyl halides is 6. The van der Waals surface area contributed by atoms with Gasteiger partial charge in [0.05, 0.1) is 16.6 Å². The zero-order valence-corrected chi connectivity index (χ0v) is 29.8. The summed E-state index contributed by atoms with van der Waals surface area (Å²) in [6.07, 6.45) is -6.66. The van der Waals surface area contributed by atoms with Crippen molar-refractivity contribution in [2.24, 2.45) is 5.92 Å². The average Bonchev–Trinajstić information content (AvgIpc) is 3.17. The van der Waals surface area contributed by atoms with Gasteiger partial charge in [0.15, 0.2) is 0 Å². The monoisotopic (exact) mass is 751 g/mol. The Morgan fingerprint density at radius 2 is 1.33 bits per heavy atom. The summed E-state index contributed by atoms with van der Waals surface area (Å²) in [6.45, 7) is 5.92. The smallest absolute Gasteiger partial charge is 0.337 e. The molecule has 0 aliphatic carbocycles. The number of benzene rings is 3. The molecule has 3 saturated heterocycles. The molecule has 7 nitrogen and oxygen atoms in total. The minimum atomic E-state index is -5.04. The maximum Gasteiger partial charge on any atom is 0.416 e. The van der Waals surface area contributed by atoms with E-state index in [1.807, 2.05) is 65.6 Å². The van der Waals surface area contributed by atoms with E-state index in [4.69, 9.17) is 0 Å². The van der Waals surface area contributed by atoms with Crippen LogP contribution in [0.15, 0.2) is 84.9 Å². The Kier molecular flexibility index (Phi) is 11.0. The summed E-state index contributed by atoms with van der Waals surface area (Å²) in [5.41, 5.74) is -1.38. The van der Waals surface area contributed by atoms with E-state index in [1.54, 1.807) is 6.07 Å². The van der Waals surface area contributed by atoms with Gasteiger partial charge in [-0.15, -0.1) is 0 Å². The number of carbonyl (C=O) groups excluding carboxylic acids is 2.